The predicted molar refractivity (Wildman–Crippen MR) is 42.8 cm³/mol. The summed E-state index contributed by atoms with van der Waals surface area (Å²) < 4.78 is 0. The average molecular weight is 144 g/mol. The molecule has 1 heterocycles. The second-order valence-corrected chi connectivity index (χ2v) is 2.20. The van der Waals surface area contributed by atoms with Gasteiger partial charge < -0.3 is 5.73 Å². The van der Waals surface area contributed by atoms with Gasteiger partial charge in [-0.15, -0.1) is 0 Å². The third kappa shape index (κ3) is 1.00. The molecule has 0 amide bonds. The number of nitrogens with zero attached hydrogens (tertiary/aromatic N) is 2. The first-order valence-electron chi connectivity index (χ1n) is 3.25. The monoisotopic (exact) mass is 144 g/mol. The van der Waals surface area contributed by atoms with E-state index in [1.54, 1.807) is 6.07 Å². The Morgan fingerprint density at radius 1 is 1.45 bits per heavy atom. The minimum absolute atomic E-state index is 0.442. The lowest BCUT2D eigenvalue weighted by Gasteiger charge is -1.94. The second kappa shape index (κ2) is 2.20. The zero-order chi connectivity index (χ0) is 7.68. The molecule has 0 saturated heterocycles. The number of aromatic nitrogens is 2. The molecule has 0 saturated carbocycles. The highest BCUT2D eigenvalue weighted by Gasteiger charge is 1.93. The van der Waals surface area contributed by atoms with Crippen LogP contribution in [-0.4, -0.2) is 9.97 Å². The number of benzene rings is 1. The molecule has 3 nitrogen and oxygen atoms in total. The fraction of sp³-hybridized carbons (Fsp3) is 0. The van der Waals surface area contributed by atoms with Crippen molar-refractivity contribution in [1.29, 1.82) is 0 Å². The molecule has 3 heteroatoms. The maximum Gasteiger partial charge on any atom is 0.142 e. The van der Waals surface area contributed by atoms with Crippen molar-refractivity contribution in [2.24, 2.45) is 0 Å². The standard InChI is InChI=1S/C8H6N3/c9-8-5-10-6-3-1-2-4-7(6)11-8/h1-2,4-5H,(H2,9,11). The average Bonchev–Trinajstić information content (AvgIpc) is 2.04. The molecule has 53 valence electrons. The van der Waals surface area contributed by atoms with Crippen LogP contribution in [0.25, 0.3) is 11.0 Å². The Morgan fingerprint density at radius 2 is 2.36 bits per heavy atom. The third-order valence-corrected chi connectivity index (χ3v) is 1.39. The van der Waals surface area contributed by atoms with Gasteiger partial charge in [0.2, 0.25) is 0 Å². The minimum atomic E-state index is 0.442. The summed E-state index contributed by atoms with van der Waals surface area (Å²) in [5, 5.41) is 0. The van der Waals surface area contributed by atoms with Crippen LogP contribution in [0.15, 0.2) is 24.4 Å². The molecule has 0 fully saturated rings. The molecule has 0 aliphatic heterocycles. The van der Waals surface area contributed by atoms with Gasteiger partial charge >= 0.3 is 0 Å². The molecule has 0 spiro atoms. The van der Waals surface area contributed by atoms with Crippen molar-refractivity contribution < 1.29 is 0 Å². The highest BCUT2D eigenvalue weighted by molar-refractivity contribution is 5.74. The van der Waals surface area contributed by atoms with E-state index in [0.717, 1.165) is 11.0 Å². The lowest BCUT2D eigenvalue weighted by molar-refractivity contribution is 1.30. The Morgan fingerprint density at radius 3 is 3.27 bits per heavy atom. The van der Waals surface area contributed by atoms with E-state index in [9.17, 15) is 0 Å². The Labute approximate surface area is 63.9 Å². The lowest BCUT2D eigenvalue weighted by atomic mass is 10.3. The van der Waals surface area contributed by atoms with E-state index in [0.29, 0.717) is 5.82 Å². The number of hydrogen-bond acceptors (Lipinski definition) is 3. The zero-order valence-electron chi connectivity index (χ0n) is 5.78. The van der Waals surface area contributed by atoms with Crippen molar-refractivity contribution >= 4 is 16.9 Å². The van der Waals surface area contributed by atoms with Crippen molar-refractivity contribution in [3.8, 4) is 0 Å². The smallest absolute Gasteiger partial charge is 0.142 e. The topological polar surface area (TPSA) is 51.8 Å². The van der Waals surface area contributed by atoms with E-state index in [2.05, 4.69) is 16.0 Å². The van der Waals surface area contributed by atoms with E-state index in [1.165, 1.54) is 6.20 Å². The van der Waals surface area contributed by atoms with Crippen molar-refractivity contribution in [2.75, 3.05) is 5.73 Å². The number of hydrogen-bond donors (Lipinski definition) is 1. The molecule has 1 aromatic heterocycles. The van der Waals surface area contributed by atoms with Crippen LogP contribution in [-0.2, 0) is 0 Å². The molecule has 2 N–H and O–H groups in total. The van der Waals surface area contributed by atoms with E-state index < -0.39 is 0 Å². The SMILES string of the molecule is Nc1cnc2[c]cccc2n1. The predicted octanol–water partition coefficient (Wildman–Crippen LogP) is 1.01. The molecule has 2 aromatic rings. The molecule has 0 aliphatic rings. The van der Waals surface area contributed by atoms with Gasteiger partial charge in [0.05, 0.1) is 17.2 Å². The molecular weight excluding hydrogens is 138 g/mol. The molecule has 2 rings (SSSR count). The summed E-state index contributed by atoms with van der Waals surface area (Å²) >= 11 is 0. The van der Waals surface area contributed by atoms with Crippen LogP contribution in [0.2, 0.25) is 0 Å². The fourth-order valence-corrected chi connectivity index (χ4v) is 0.911. The van der Waals surface area contributed by atoms with Crippen LogP contribution in [0, 0.1) is 6.07 Å². The van der Waals surface area contributed by atoms with Gasteiger partial charge in [-0.25, -0.2) is 4.98 Å². The first-order chi connectivity index (χ1) is 5.36. The Hall–Kier alpha value is -1.64. The molecule has 0 atom stereocenters. The van der Waals surface area contributed by atoms with Crippen molar-refractivity contribution in [2.45, 2.75) is 0 Å². The van der Waals surface area contributed by atoms with Gasteiger partial charge in [-0.1, -0.05) is 12.1 Å². The summed E-state index contributed by atoms with van der Waals surface area (Å²) in [4.78, 5) is 8.10. The van der Waals surface area contributed by atoms with Crippen LogP contribution in [0.4, 0.5) is 5.82 Å². The van der Waals surface area contributed by atoms with Crippen LogP contribution < -0.4 is 5.73 Å². The summed E-state index contributed by atoms with van der Waals surface area (Å²) in [7, 11) is 0. The van der Waals surface area contributed by atoms with Crippen LogP contribution in [0.5, 0.6) is 0 Å². The van der Waals surface area contributed by atoms with Gasteiger partial charge in [-0.3, -0.25) is 4.98 Å². The molecule has 0 bridgehead atoms. The number of rotatable bonds is 0. The summed E-state index contributed by atoms with van der Waals surface area (Å²) in [6, 6.07) is 8.46. The van der Waals surface area contributed by atoms with E-state index in [4.69, 9.17) is 5.73 Å². The first kappa shape index (κ1) is 6.09. The Balaban J connectivity index is 2.83. The zero-order valence-corrected chi connectivity index (χ0v) is 5.78. The van der Waals surface area contributed by atoms with Gasteiger partial charge in [0.15, 0.2) is 0 Å². The van der Waals surface area contributed by atoms with Gasteiger partial charge in [0.25, 0.3) is 0 Å². The van der Waals surface area contributed by atoms with Gasteiger partial charge in [-0.2, -0.15) is 0 Å². The minimum Gasteiger partial charge on any atom is -0.382 e. The van der Waals surface area contributed by atoms with Crippen molar-refractivity contribution in [3.05, 3.63) is 30.5 Å². The second-order valence-electron chi connectivity index (χ2n) is 2.20. The normalized spacial score (nSPS) is 10.2. The number of fused-ring (bicyclic) bond motifs is 1. The number of nitrogens with two attached hydrogens (primary N) is 1. The molecular formula is C8H6N3. The molecule has 0 aliphatic carbocycles. The number of nitrogen functional groups attached to an aromatic ring is 1. The summed E-state index contributed by atoms with van der Waals surface area (Å²) in [6.45, 7) is 0. The van der Waals surface area contributed by atoms with Crippen LogP contribution >= 0.6 is 0 Å². The van der Waals surface area contributed by atoms with Crippen molar-refractivity contribution in [3.63, 3.8) is 0 Å². The fourth-order valence-electron chi connectivity index (χ4n) is 0.911. The molecule has 11 heavy (non-hydrogen) atoms. The number of anilines is 1. The Kier molecular flexibility index (Phi) is 1.22. The number of para-hydroxylation sites is 1. The van der Waals surface area contributed by atoms with E-state index >= 15 is 0 Å². The van der Waals surface area contributed by atoms with Gasteiger partial charge in [0, 0.05) is 6.07 Å². The quantitative estimate of drug-likeness (QED) is 0.600. The van der Waals surface area contributed by atoms with E-state index in [1.807, 2.05) is 12.1 Å². The van der Waals surface area contributed by atoms with Gasteiger partial charge in [-0.05, 0) is 6.07 Å². The molecule has 0 unspecified atom stereocenters. The lowest BCUT2D eigenvalue weighted by Crippen LogP contribution is -1.91. The summed E-state index contributed by atoms with van der Waals surface area (Å²) in [6.07, 6.45) is 1.53. The van der Waals surface area contributed by atoms with Gasteiger partial charge in [0.1, 0.15) is 5.82 Å². The Bertz CT molecular complexity index is 384. The highest BCUT2D eigenvalue weighted by atomic mass is 14.9. The van der Waals surface area contributed by atoms with Crippen LogP contribution in [0.1, 0.15) is 0 Å². The maximum atomic E-state index is 5.44. The summed E-state index contributed by atoms with van der Waals surface area (Å²) in [5.74, 6) is 0.442. The molecule has 1 aromatic carbocycles. The first-order valence-corrected chi connectivity index (χ1v) is 3.25. The largest absolute Gasteiger partial charge is 0.382 e. The summed E-state index contributed by atoms with van der Waals surface area (Å²) in [5.41, 5.74) is 6.97. The van der Waals surface area contributed by atoms with Crippen LogP contribution in [0.3, 0.4) is 0 Å². The highest BCUT2D eigenvalue weighted by Crippen LogP contribution is 2.07. The third-order valence-electron chi connectivity index (χ3n) is 1.39. The van der Waals surface area contributed by atoms with E-state index in [-0.39, 0.29) is 0 Å². The maximum absolute atomic E-state index is 5.44. The molecule has 1 radical (unpaired) electrons. The van der Waals surface area contributed by atoms with Crippen molar-refractivity contribution in [1.82, 2.24) is 9.97 Å².